The molecular weight excluding hydrogens is 877 g/mol. The first-order valence-electron chi connectivity index (χ1n) is 32.3. The van der Waals surface area contributed by atoms with Crippen LogP contribution in [-0.2, 0) is 28.6 Å². The van der Waals surface area contributed by atoms with E-state index < -0.39 is 6.10 Å². The SMILES string of the molecule is CCCCCCCCCCCCCCCC(=O)O[C@H](COC(=O)CCCCCCCCCCCCCCCCCCCCC(C)CC)COC(=O)CCCCCCCCCCCCCCCCC(C)CC. The van der Waals surface area contributed by atoms with Crippen molar-refractivity contribution < 1.29 is 28.6 Å². The van der Waals surface area contributed by atoms with Gasteiger partial charge in [-0.2, -0.15) is 0 Å². The minimum absolute atomic E-state index is 0.0618. The molecule has 3 atom stereocenters. The molecule has 0 aliphatic heterocycles. The van der Waals surface area contributed by atoms with Gasteiger partial charge in [0.25, 0.3) is 0 Å². The highest BCUT2D eigenvalue weighted by atomic mass is 16.6. The number of ether oxygens (including phenoxy) is 3. The van der Waals surface area contributed by atoms with Gasteiger partial charge in [-0.3, -0.25) is 14.4 Å². The van der Waals surface area contributed by atoms with Crippen LogP contribution >= 0.6 is 0 Å². The summed E-state index contributed by atoms with van der Waals surface area (Å²) in [5.41, 5.74) is 0. The van der Waals surface area contributed by atoms with E-state index in [2.05, 4.69) is 34.6 Å². The van der Waals surface area contributed by atoms with Crippen molar-refractivity contribution >= 4 is 17.9 Å². The molecule has 0 saturated heterocycles. The summed E-state index contributed by atoms with van der Waals surface area (Å²) in [6.07, 6.45) is 63.8. The van der Waals surface area contributed by atoms with E-state index in [1.807, 2.05) is 0 Å². The number of hydrogen-bond donors (Lipinski definition) is 0. The molecule has 0 saturated carbocycles. The van der Waals surface area contributed by atoms with Gasteiger partial charge in [0.05, 0.1) is 0 Å². The zero-order chi connectivity index (χ0) is 51.8. The first kappa shape index (κ1) is 69.4. The number of hydrogen-bond acceptors (Lipinski definition) is 6. The highest BCUT2D eigenvalue weighted by Gasteiger charge is 2.19. The molecule has 0 N–H and O–H groups in total. The molecular formula is C65H126O6. The van der Waals surface area contributed by atoms with Gasteiger partial charge < -0.3 is 14.2 Å². The zero-order valence-corrected chi connectivity index (χ0v) is 48.9. The lowest BCUT2D eigenvalue weighted by molar-refractivity contribution is -0.167. The lowest BCUT2D eigenvalue weighted by Crippen LogP contribution is -2.30. The topological polar surface area (TPSA) is 78.9 Å². The molecule has 0 aliphatic carbocycles. The molecule has 0 amide bonds. The second-order valence-corrected chi connectivity index (χ2v) is 22.9. The Hall–Kier alpha value is -1.59. The smallest absolute Gasteiger partial charge is 0.306 e. The standard InChI is InChI=1S/C65H126O6/c1-6-9-10-11-12-13-14-23-32-37-42-47-52-57-65(68)71-62(59-70-64(67)56-51-46-41-36-31-27-22-21-25-29-34-39-44-49-54-61(5)8-3)58-69-63(66)55-50-45-40-35-30-26-20-18-16-15-17-19-24-28-33-38-43-48-53-60(4)7-2/h60-62H,6-59H2,1-5H3/t60?,61?,62-/m1/s1. The third kappa shape index (κ3) is 56.0. The van der Waals surface area contributed by atoms with Crippen molar-refractivity contribution in [3.8, 4) is 0 Å². The van der Waals surface area contributed by atoms with E-state index in [1.54, 1.807) is 0 Å². The summed E-state index contributed by atoms with van der Waals surface area (Å²) < 4.78 is 17.0. The number of carbonyl (C=O) groups is 3. The van der Waals surface area contributed by atoms with Gasteiger partial charge in [0, 0.05) is 19.3 Å². The van der Waals surface area contributed by atoms with Crippen molar-refractivity contribution in [3.05, 3.63) is 0 Å². The number of esters is 3. The maximum atomic E-state index is 12.9. The predicted octanol–water partition coefficient (Wildman–Crippen LogP) is 21.6. The van der Waals surface area contributed by atoms with E-state index in [1.165, 1.54) is 257 Å². The molecule has 0 aromatic heterocycles. The van der Waals surface area contributed by atoms with Gasteiger partial charge in [0.15, 0.2) is 6.10 Å². The summed E-state index contributed by atoms with van der Waals surface area (Å²) in [6, 6.07) is 0. The Labute approximate surface area is 444 Å². The summed E-state index contributed by atoms with van der Waals surface area (Å²) in [5.74, 6) is 0.975. The first-order valence-corrected chi connectivity index (χ1v) is 32.3. The van der Waals surface area contributed by atoms with Crippen molar-refractivity contribution in [2.75, 3.05) is 13.2 Å². The molecule has 0 spiro atoms. The molecule has 0 radical (unpaired) electrons. The molecule has 0 aliphatic rings. The van der Waals surface area contributed by atoms with Crippen LogP contribution in [0.4, 0.5) is 0 Å². The van der Waals surface area contributed by atoms with Gasteiger partial charge in [-0.25, -0.2) is 0 Å². The van der Waals surface area contributed by atoms with Crippen molar-refractivity contribution in [1.82, 2.24) is 0 Å². The maximum absolute atomic E-state index is 12.9. The van der Waals surface area contributed by atoms with Gasteiger partial charge in [-0.05, 0) is 31.1 Å². The van der Waals surface area contributed by atoms with Gasteiger partial charge >= 0.3 is 17.9 Å². The molecule has 0 aromatic carbocycles. The summed E-state index contributed by atoms with van der Waals surface area (Å²) in [5, 5.41) is 0. The van der Waals surface area contributed by atoms with E-state index in [9.17, 15) is 14.4 Å². The molecule has 2 unspecified atom stereocenters. The van der Waals surface area contributed by atoms with Crippen LogP contribution in [0.3, 0.4) is 0 Å². The quantitative estimate of drug-likeness (QED) is 0.0343. The van der Waals surface area contributed by atoms with Crippen molar-refractivity contribution in [2.45, 2.75) is 375 Å². The average Bonchev–Trinajstić information content (AvgIpc) is 3.37. The van der Waals surface area contributed by atoms with Gasteiger partial charge in [-0.1, -0.05) is 330 Å². The Bertz CT molecular complexity index is 1090. The van der Waals surface area contributed by atoms with Gasteiger partial charge in [0.1, 0.15) is 13.2 Å². The summed E-state index contributed by atoms with van der Waals surface area (Å²) in [7, 11) is 0. The highest BCUT2D eigenvalue weighted by Crippen LogP contribution is 2.20. The molecule has 6 nitrogen and oxygen atoms in total. The van der Waals surface area contributed by atoms with Crippen molar-refractivity contribution in [2.24, 2.45) is 11.8 Å². The van der Waals surface area contributed by atoms with E-state index in [0.717, 1.165) is 69.6 Å². The first-order chi connectivity index (χ1) is 34.8. The highest BCUT2D eigenvalue weighted by molar-refractivity contribution is 5.71. The van der Waals surface area contributed by atoms with Crippen LogP contribution in [-0.4, -0.2) is 37.2 Å². The number of unbranched alkanes of at least 4 members (excludes halogenated alkanes) is 42. The normalized spacial score (nSPS) is 12.8. The maximum Gasteiger partial charge on any atom is 0.306 e. The van der Waals surface area contributed by atoms with Crippen LogP contribution < -0.4 is 0 Å². The number of carbonyl (C=O) groups excluding carboxylic acids is 3. The average molecular weight is 1000 g/mol. The Kier molecular flexibility index (Phi) is 56.4. The largest absolute Gasteiger partial charge is 0.462 e. The third-order valence-corrected chi connectivity index (χ3v) is 15.7. The second-order valence-electron chi connectivity index (χ2n) is 22.9. The fraction of sp³-hybridized carbons (Fsp3) is 0.954. The molecule has 0 aromatic rings. The molecule has 0 bridgehead atoms. The number of rotatable bonds is 59. The molecule has 6 heteroatoms. The molecule has 71 heavy (non-hydrogen) atoms. The summed E-state index contributed by atoms with van der Waals surface area (Å²) in [4.78, 5) is 38.3. The third-order valence-electron chi connectivity index (χ3n) is 15.7. The van der Waals surface area contributed by atoms with Crippen molar-refractivity contribution in [3.63, 3.8) is 0 Å². The van der Waals surface area contributed by atoms with E-state index in [4.69, 9.17) is 14.2 Å². The van der Waals surface area contributed by atoms with E-state index in [-0.39, 0.29) is 31.1 Å². The van der Waals surface area contributed by atoms with Crippen LogP contribution in [0.25, 0.3) is 0 Å². The Morgan fingerprint density at radius 3 is 0.732 bits per heavy atom. The van der Waals surface area contributed by atoms with Gasteiger partial charge in [0.2, 0.25) is 0 Å². The lowest BCUT2D eigenvalue weighted by Gasteiger charge is -2.18. The molecule has 0 fully saturated rings. The fourth-order valence-corrected chi connectivity index (χ4v) is 10.0. The minimum Gasteiger partial charge on any atom is -0.462 e. The van der Waals surface area contributed by atoms with Crippen LogP contribution in [0.5, 0.6) is 0 Å². The van der Waals surface area contributed by atoms with Crippen LogP contribution in [0, 0.1) is 11.8 Å². The molecule has 0 rings (SSSR count). The lowest BCUT2D eigenvalue weighted by atomic mass is 9.99. The Morgan fingerprint density at radius 2 is 0.493 bits per heavy atom. The van der Waals surface area contributed by atoms with E-state index >= 15 is 0 Å². The monoisotopic (exact) mass is 1000 g/mol. The minimum atomic E-state index is -0.763. The summed E-state index contributed by atoms with van der Waals surface area (Å²) >= 11 is 0. The van der Waals surface area contributed by atoms with Crippen LogP contribution in [0.2, 0.25) is 0 Å². The predicted molar refractivity (Wildman–Crippen MR) is 307 cm³/mol. The van der Waals surface area contributed by atoms with Crippen LogP contribution in [0.15, 0.2) is 0 Å². The van der Waals surface area contributed by atoms with Crippen molar-refractivity contribution in [1.29, 1.82) is 0 Å². The van der Waals surface area contributed by atoms with E-state index in [0.29, 0.717) is 19.3 Å². The Balaban J connectivity index is 4.23. The van der Waals surface area contributed by atoms with Gasteiger partial charge in [-0.15, -0.1) is 0 Å². The second kappa shape index (κ2) is 57.7. The molecule has 422 valence electrons. The Morgan fingerprint density at radius 1 is 0.282 bits per heavy atom. The molecule has 0 heterocycles. The zero-order valence-electron chi connectivity index (χ0n) is 48.9. The summed E-state index contributed by atoms with van der Waals surface area (Å²) in [6.45, 7) is 11.5. The van der Waals surface area contributed by atoms with Crippen LogP contribution in [0.1, 0.15) is 369 Å². The fourth-order valence-electron chi connectivity index (χ4n) is 10.0.